The average molecular weight is 267 g/mol. The zero-order valence-corrected chi connectivity index (χ0v) is 11.6. The number of fused-ring (bicyclic) bond motifs is 1. The maximum absolute atomic E-state index is 6.05. The van der Waals surface area contributed by atoms with Crippen molar-refractivity contribution in [3.63, 3.8) is 0 Å². The number of benzene rings is 2. The summed E-state index contributed by atoms with van der Waals surface area (Å²) in [5, 5.41) is 6.34. The van der Waals surface area contributed by atoms with Crippen molar-refractivity contribution >= 4 is 10.8 Å². The van der Waals surface area contributed by atoms with E-state index in [1.807, 2.05) is 38.1 Å². The minimum atomic E-state index is -0.230. The van der Waals surface area contributed by atoms with Crippen molar-refractivity contribution in [2.75, 3.05) is 0 Å². The Labute approximate surface area is 117 Å². The summed E-state index contributed by atoms with van der Waals surface area (Å²) >= 11 is 0. The number of rotatable bonds is 3. The molecule has 0 bridgehead atoms. The lowest BCUT2D eigenvalue weighted by molar-refractivity contribution is 0.325. The van der Waals surface area contributed by atoms with Gasteiger partial charge in [-0.2, -0.15) is 4.98 Å². The van der Waals surface area contributed by atoms with Gasteiger partial charge in [0.1, 0.15) is 0 Å². The van der Waals surface area contributed by atoms with Gasteiger partial charge in [-0.05, 0) is 16.7 Å². The molecule has 0 saturated carbocycles. The molecule has 0 amide bonds. The highest BCUT2D eigenvalue weighted by atomic mass is 16.5. The lowest BCUT2D eigenvalue weighted by Crippen LogP contribution is -2.16. The van der Waals surface area contributed by atoms with E-state index in [4.69, 9.17) is 10.3 Å². The van der Waals surface area contributed by atoms with Crippen LogP contribution in [0.1, 0.15) is 25.8 Å². The van der Waals surface area contributed by atoms with Crippen LogP contribution >= 0.6 is 0 Å². The SMILES string of the molecule is CC(C)C(N)c1nc(-c2cccc3ccccc23)no1. The van der Waals surface area contributed by atoms with Gasteiger partial charge in [0.05, 0.1) is 6.04 Å². The monoisotopic (exact) mass is 267 g/mol. The first-order chi connectivity index (χ1) is 9.66. The fourth-order valence-electron chi connectivity index (χ4n) is 2.19. The van der Waals surface area contributed by atoms with Gasteiger partial charge in [-0.3, -0.25) is 0 Å². The van der Waals surface area contributed by atoms with Gasteiger partial charge in [-0.1, -0.05) is 61.5 Å². The summed E-state index contributed by atoms with van der Waals surface area (Å²) in [6.07, 6.45) is 0. The van der Waals surface area contributed by atoms with Crippen LogP contribution in [0.25, 0.3) is 22.2 Å². The van der Waals surface area contributed by atoms with Crippen LogP contribution in [0, 0.1) is 5.92 Å². The second kappa shape index (κ2) is 5.06. The highest BCUT2D eigenvalue weighted by Gasteiger charge is 2.19. The van der Waals surface area contributed by atoms with E-state index >= 15 is 0 Å². The van der Waals surface area contributed by atoms with Crippen LogP contribution in [-0.4, -0.2) is 10.1 Å². The molecule has 102 valence electrons. The third kappa shape index (κ3) is 2.18. The standard InChI is InChI=1S/C16H17N3O/c1-10(2)14(17)16-18-15(19-20-16)13-9-5-7-11-6-3-4-8-12(11)13/h3-10,14H,17H2,1-2H3. The molecular weight excluding hydrogens is 250 g/mol. The van der Waals surface area contributed by atoms with Crippen LogP contribution in [0.3, 0.4) is 0 Å². The maximum Gasteiger partial charge on any atom is 0.244 e. The molecule has 4 nitrogen and oxygen atoms in total. The van der Waals surface area contributed by atoms with Crippen molar-refractivity contribution in [1.82, 2.24) is 10.1 Å². The molecule has 0 aliphatic rings. The predicted molar refractivity (Wildman–Crippen MR) is 79.0 cm³/mol. The molecule has 1 aromatic heterocycles. The second-order valence-corrected chi connectivity index (χ2v) is 5.25. The quantitative estimate of drug-likeness (QED) is 0.788. The number of nitrogens with two attached hydrogens (primary N) is 1. The lowest BCUT2D eigenvalue weighted by Gasteiger charge is -2.09. The topological polar surface area (TPSA) is 64.9 Å². The Bertz CT molecular complexity index is 728. The Kier molecular flexibility index (Phi) is 3.24. The van der Waals surface area contributed by atoms with E-state index in [9.17, 15) is 0 Å². The second-order valence-electron chi connectivity index (χ2n) is 5.25. The van der Waals surface area contributed by atoms with Gasteiger partial charge in [0.25, 0.3) is 0 Å². The smallest absolute Gasteiger partial charge is 0.244 e. The number of hydrogen-bond donors (Lipinski definition) is 1. The molecular formula is C16H17N3O. The lowest BCUT2D eigenvalue weighted by atomic mass is 10.0. The average Bonchev–Trinajstić information content (AvgIpc) is 2.95. The molecule has 0 aliphatic heterocycles. The molecule has 2 N–H and O–H groups in total. The van der Waals surface area contributed by atoms with Crippen molar-refractivity contribution in [3.8, 4) is 11.4 Å². The van der Waals surface area contributed by atoms with Gasteiger partial charge in [0, 0.05) is 5.56 Å². The van der Waals surface area contributed by atoms with E-state index in [1.54, 1.807) is 0 Å². The van der Waals surface area contributed by atoms with Crippen LogP contribution in [0.15, 0.2) is 47.0 Å². The first-order valence-corrected chi connectivity index (χ1v) is 6.74. The van der Waals surface area contributed by atoms with E-state index < -0.39 is 0 Å². The van der Waals surface area contributed by atoms with Crippen LogP contribution in [0.5, 0.6) is 0 Å². The van der Waals surface area contributed by atoms with Gasteiger partial charge < -0.3 is 10.3 Å². The van der Waals surface area contributed by atoms with Gasteiger partial charge in [0.2, 0.25) is 11.7 Å². The molecule has 3 rings (SSSR count). The van der Waals surface area contributed by atoms with E-state index in [1.165, 1.54) is 0 Å². The summed E-state index contributed by atoms with van der Waals surface area (Å²) < 4.78 is 5.30. The van der Waals surface area contributed by atoms with E-state index in [2.05, 4.69) is 28.3 Å². The summed E-state index contributed by atoms with van der Waals surface area (Å²) in [4.78, 5) is 4.45. The van der Waals surface area contributed by atoms with E-state index in [0.717, 1.165) is 16.3 Å². The molecule has 0 fully saturated rings. The molecule has 20 heavy (non-hydrogen) atoms. The molecule has 0 saturated heterocycles. The molecule has 1 atom stereocenters. The normalized spacial score (nSPS) is 13.0. The van der Waals surface area contributed by atoms with Gasteiger partial charge in [-0.15, -0.1) is 0 Å². The van der Waals surface area contributed by atoms with Crippen molar-refractivity contribution < 1.29 is 4.52 Å². The number of hydrogen-bond acceptors (Lipinski definition) is 4. The fourth-order valence-corrected chi connectivity index (χ4v) is 2.19. The highest BCUT2D eigenvalue weighted by molar-refractivity contribution is 5.94. The molecule has 1 heterocycles. The highest BCUT2D eigenvalue weighted by Crippen LogP contribution is 2.27. The van der Waals surface area contributed by atoms with Crippen LogP contribution in [0.4, 0.5) is 0 Å². The first-order valence-electron chi connectivity index (χ1n) is 6.74. The summed E-state index contributed by atoms with van der Waals surface area (Å²) in [5.41, 5.74) is 7.01. The Hall–Kier alpha value is -2.20. The van der Waals surface area contributed by atoms with E-state index in [0.29, 0.717) is 11.7 Å². The summed E-state index contributed by atoms with van der Waals surface area (Å²) in [6.45, 7) is 4.07. The van der Waals surface area contributed by atoms with Crippen molar-refractivity contribution in [2.45, 2.75) is 19.9 Å². The van der Waals surface area contributed by atoms with Gasteiger partial charge in [-0.25, -0.2) is 0 Å². The Morgan fingerprint density at radius 3 is 2.60 bits per heavy atom. The van der Waals surface area contributed by atoms with Gasteiger partial charge in [0.15, 0.2) is 0 Å². The minimum Gasteiger partial charge on any atom is -0.337 e. The third-order valence-electron chi connectivity index (χ3n) is 3.48. The van der Waals surface area contributed by atoms with Crippen molar-refractivity contribution in [2.24, 2.45) is 11.7 Å². The van der Waals surface area contributed by atoms with Crippen LogP contribution < -0.4 is 5.73 Å². The van der Waals surface area contributed by atoms with Crippen LogP contribution in [0.2, 0.25) is 0 Å². The molecule has 0 radical (unpaired) electrons. The Balaban J connectivity index is 2.08. The molecule has 2 aromatic carbocycles. The molecule has 0 spiro atoms. The zero-order chi connectivity index (χ0) is 14.1. The molecule has 1 unspecified atom stereocenters. The fraction of sp³-hybridized carbons (Fsp3) is 0.250. The van der Waals surface area contributed by atoms with Crippen molar-refractivity contribution in [1.29, 1.82) is 0 Å². The third-order valence-corrected chi connectivity index (χ3v) is 3.48. The van der Waals surface area contributed by atoms with E-state index in [-0.39, 0.29) is 12.0 Å². The number of nitrogens with zero attached hydrogens (tertiary/aromatic N) is 2. The first kappa shape index (κ1) is 12.8. The van der Waals surface area contributed by atoms with Gasteiger partial charge >= 0.3 is 0 Å². The summed E-state index contributed by atoms with van der Waals surface area (Å²) in [6, 6.07) is 14.0. The maximum atomic E-state index is 6.05. The number of aromatic nitrogens is 2. The van der Waals surface area contributed by atoms with Crippen molar-refractivity contribution in [3.05, 3.63) is 48.4 Å². The van der Waals surface area contributed by atoms with Crippen LogP contribution in [-0.2, 0) is 0 Å². The summed E-state index contributed by atoms with van der Waals surface area (Å²) in [7, 11) is 0. The summed E-state index contributed by atoms with van der Waals surface area (Å²) in [5.74, 6) is 1.34. The minimum absolute atomic E-state index is 0.230. The zero-order valence-electron chi connectivity index (χ0n) is 11.6. The molecule has 3 aromatic rings. The molecule has 4 heteroatoms. The molecule has 0 aliphatic carbocycles. The predicted octanol–water partition coefficient (Wildman–Crippen LogP) is 3.55. The largest absolute Gasteiger partial charge is 0.337 e. The Morgan fingerprint density at radius 1 is 1.05 bits per heavy atom. The Morgan fingerprint density at radius 2 is 1.80 bits per heavy atom.